The lowest BCUT2D eigenvalue weighted by molar-refractivity contribution is -0.00134. The van der Waals surface area contributed by atoms with Crippen LogP contribution in [0.5, 0.6) is 0 Å². The number of aliphatic hydroxyl groups excluding tert-OH is 1. The minimum atomic E-state index is 0.251. The molecule has 1 heterocycles. The Labute approximate surface area is 112 Å². The van der Waals surface area contributed by atoms with Gasteiger partial charge in [0.1, 0.15) is 0 Å². The summed E-state index contributed by atoms with van der Waals surface area (Å²) in [5.41, 5.74) is 0. The first-order chi connectivity index (χ1) is 8.88. The van der Waals surface area contributed by atoms with Crippen molar-refractivity contribution in [3.63, 3.8) is 0 Å². The van der Waals surface area contributed by atoms with E-state index in [-0.39, 0.29) is 6.61 Å². The van der Waals surface area contributed by atoms with Gasteiger partial charge in [0.2, 0.25) is 0 Å². The van der Waals surface area contributed by atoms with Crippen LogP contribution >= 0.6 is 0 Å². The Morgan fingerprint density at radius 1 is 1.00 bits per heavy atom. The lowest BCUT2D eigenvalue weighted by atomic mass is 9.88. The topological polar surface area (TPSA) is 32.7 Å². The monoisotopic (exact) mass is 255 g/mol. The van der Waals surface area contributed by atoms with Gasteiger partial charge in [-0.05, 0) is 38.0 Å². The highest BCUT2D eigenvalue weighted by Crippen LogP contribution is 2.25. The number of ether oxygens (including phenoxy) is 1. The molecule has 0 atom stereocenters. The molecule has 1 saturated heterocycles. The number of aliphatic hydroxyl groups is 1. The Morgan fingerprint density at radius 2 is 1.72 bits per heavy atom. The number of nitrogens with zero attached hydrogens (tertiary/aromatic N) is 1. The molecule has 0 radical (unpaired) electrons. The van der Waals surface area contributed by atoms with Gasteiger partial charge >= 0.3 is 0 Å². The van der Waals surface area contributed by atoms with Gasteiger partial charge in [-0.2, -0.15) is 0 Å². The normalized spacial score (nSPS) is 24.5. The Morgan fingerprint density at radius 3 is 2.39 bits per heavy atom. The van der Waals surface area contributed by atoms with Gasteiger partial charge in [-0.1, -0.05) is 19.3 Å². The zero-order chi connectivity index (χ0) is 12.6. The van der Waals surface area contributed by atoms with Gasteiger partial charge in [-0.3, -0.25) is 0 Å². The molecule has 18 heavy (non-hydrogen) atoms. The molecule has 3 nitrogen and oxygen atoms in total. The average Bonchev–Trinajstić information content (AvgIpc) is 2.42. The Balaban J connectivity index is 1.57. The van der Waals surface area contributed by atoms with Gasteiger partial charge in [0.15, 0.2) is 0 Å². The zero-order valence-electron chi connectivity index (χ0n) is 11.6. The average molecular weight is 255 g/mol. The maximum atomic E-state index is 8.73. The number of hydrogen-bond donors (Lipinski definition) is 1. The summed E-state index contributed by atoms with van der Waals surface area (Å²) in [6, 6.07) is 0. The summed E-state index contributed by atoms with van der Waals surface area (Å²) >= 11 is 0. The van der Waals surface area contributed by atoms with Gasteiger partial charge in [0, 0.05) is 32.8 Å². The summed E-state index contributed by atoms with van der Waals surface area (Å²) in [5, 5.41) is 8.73. The quantitative estimate of drug-likeness (QED) is 0.740. The lowest BCUT2D eigenvalue weighted by Gasteiger charge is -2.35. The van der Waals surface area contributed by atoms with Crippen LogP contribution < -0.4 is 0 Å². The summed E-state index contributed by atoms with van der Waals surface area (Å²) in [5.74, 6) is 0.964. The molecule has 0 aromatic carbocycles. The summed E-state index contributed by atoms with van der Waals surface area (Å²) in [6.45, 7) is 4.72. The van der Waals surface area contributed by atoms with Crippen molar-refractivity contribution in [3.05, 3.63) is 0 Å². The third-order valence-electron chi connectivity index (χ3n) is 4.43. The molecule has 106 valence electrons. The van der Waals surface area contributed by atoms with Crippen molar-refractivity contribution in [1.29, 1.82) is 0 Å². The van der Waals surface area contributed by atoms with Crippen LogP contribution in [0.25, 0.3) is 0 Å². The molecule has 1 saturated carbocycles. The molecular formula is C15H29NO2. The molecule has 2 rings (SSSR count). The fourth-order valence-corrected chi connectivity index (χ4v) is 3.31. The van der Waals surface area contributed by atoms with E-state index in [1.165, 1.54) is 64.6 Å². The largest absolute Gasteiger partial charge is 0.396 e. The summed E-state index contributed by atoms with van der Waals surface area (Å²) in [4.78, 5) is 2.64. The van der Waals surface area contributed by atoms with Gasteiger partial charge in [-0.25, -0.2) is 0 Å². The van der Waals surface area contributed by atoms with E-state index in [4.69, 9.17) is 9.84 Å². The van der Waals surface area contributed by atoms with Crippen LogP contribution in [0.2, 0.25) is 0 Å². The first-order valence-electron chi connectivity index (χ1n) is 7.83. The van der Waals surface area contributed by atoms with Crippen molar-refractivity contribution in [2.45, 2.75) is 57.5 Å². The second kappa shape index (κ2) is 8.13. The van der Waals surface area contributed by atoms with E-state index in [0.717, 1.165) is 18.9 Å². The van der Waals surface area contributed by atoms with E-state index in [9.17, 15) is 0 Å². The van der Waals surface area contributed by atoms with Crippen LogP contribution in [-0.2, 0) is 4.74 Å². The zero-order valence-corrected chi connectivity index (χ0v) is 11.6. The van der Waals surface area contributed by atoms with Crippen molar-refractivity contribution in [1.82, 2.24) is 4.90 Å². The fourth-order valence-electron chi connectivity index (χ4n) is 3.31. The summed E-state index contributed by atoms with van der Waals surface area (Å²) < 4.78 is 5.77. The van der Waals surface area contributed by atoms with E-state index < -0.39 is 0 Å². The van der Waals surface area contributed by atoms with E-state index in [1.54, 1.807) is 0 Å². The SMILES string of the molecule is OCCCOC1CCN(CC2CCCCC2)CC1. The highest BCUT2D eigenvalue weighted by Gasteiger charge is 2.22. The van der Waals surface area contributed by atoms with Crippen LogP contribution in [0.15, 0.2) is 0 Å². The molecular weight excluding hydrogens is 226 g/mol. The number of hydrogen-bond acceptors (Lipinski definition) is 3. The van der Waals surface area contributed by atoms with Crippen molar-refractivity contribution in [2.24, 2.45) is 5.92 Å². The molecule has 0 spiro atoms. The van der Waals surface area contributed by atoms with Gasteiger partial charge < -0.3 is 14.7 Å². The molecule has 0 unspecified atom stereocenters. The third-order valence-corrected chi connectivity index (χ3v) is 4.43. The van der Waals surface area contributed by atoms with Crippen molar-refractivity contribution < 1.29 is 9.84 Å². The second-order valence-corrected chi connectivity index (χ2v) is 5.95. The highest BCUT2D eigenvalue weighted by atomic mass is 16.5. The Hall–Kier alpha value is -0.120. The highest BCUT2D eigenvalue weighted by molar-refractivity contribution is 4.76. The minimum absolute atomic E-state index is 0.251. The van der Waals surface area contributed by atoms with Crippen LogP contribution in [0, 0.1) is 5.92 Å². The van der Waals surface area contributed by atoms with E-state index >= 15 is 0 Å². The van der Waals surface area contributed by atoms with Crippen molar-refractivity contribution in [2.75, 3.05) is 32.8 Å². The van der Waals surface area contributed by atoms with Crippen LogP contribution in [0.4, 0.5) is 0 Å². The third kappa shape index (κ3) is 4.87. The predicted octanol–water partition coefficient (Wildman–Crippen LogP) is 2.43. The Kier molecular flexibility index (Phi) is 6.46. The van der Waals surface area contributed by atoms with Gasteiger partial charge in [0.25, 0.3) is 0 Å². The molecule has 1 aliphatic carbocycles. The van der Waals surface area contributed by atoms with Crippen molar-refractivity contribution in [3.8, 4) is 0 Å². The second-order valence-electron chi connectivity index (χ2n) is 5.95. The molecule has 0 amide bonds. The predicted molar refractivity (Wildman–Crippen MR) is 73.7 cm³/mol. The van der Waals surface area contributed by atoms with Crippen molar-refractivity contribution >= 4 is 0 Å². The number of piperidine rings is 1. The van der Waals surface area contributed by atoms with E-state index in [2.05, 4.69) is 4.90 Å². The van der Waals surface area contributed by atoms with Crippen LogP contribution in [0.3, 0.4) is 0 Å². The van der Waals surface area contributed by atoms with E-state index in [1.807, 2.05) is 0 Å². The molecule has 0 aromatic rings. The minimum Gasteiger partial charge on any atom is -0.396 e. The standard InChI is InChI=1S/C15H29NO2/c17-11-4-12-18-15-7-9-16(10-8-15)13-14-5-2-1-3-6-14/h14-15,17H,1-13H2. The van der Waals surface area contributed by atoms with Gasteiger partial charge in [0.05, 0.1) is 6.10 Å². The van der Waals surface area contributed by atoms with Gasteiger partial charge in [-0.15, -0.1) is 0 Å². The van der Waals surface area contributed by atoms with Crippen LogP contribution in [-0.4, -0.2) is 49.0 Å². The molecule has 0 aromatic heterocycles. The maximum absolute atomic E-state index is 8.73. The number of likely N-dealkylation sites (tertiary alicyclic amines) is 1. The molecule has 2 fully saturated rings. The summed E-state index contributed by atoms with van der Waals surface area (Å²) in [6.07, 6.45) is 10.8. The fraction of sp³-hybridized carbons (Fsp3) is 1.00. The van der Waals surface area contributed by atoms with E-state index in [0.29, 0.717) is 6.10 Å². The molecule has 0 bridgehead atoms. The first-order valence-corrected chi connectivity index (χ1v) is 7.83. The van der Waals surface area contributed by atoms with Crippen LogP contribution in [0.1, 0.15) is 51.4 Å². The first kappa shape index (κ1) is 14.3. The number of rotatable bonds is 6. The Bertz CT molecular complexity index is 209. The lowest BCUT2D eigenvalue weighted by Crippen LogP contribution is -2.40. The summed E-state index contributed by atoms with van der Waals surface area (Å²) in [7, 11) is 0. The smallest absolute Gasteiger partial charge is 0.0599 e. The molecule has 3 heteroatoms. The molecule has 1 N–H and O–H groups in total. The maximum Gasteiger partial charge on any atom is 0.0599 e. The molecule has 2 aliphatic rings. The molecule has 1 aliphatic heterocycles.